The molecule has 2 nitrogen and oxygen atoms in total. The van der Waals surface area contributed by atoms with Crippen molar-refractivity contribution in [1.29, 1.82) is 0 Å². The smallest absolute Gasteiger partial charge is 0.0849 e. The lowest BCUT2D eigenvalue weighted by Crippen LogP contribution is -2.17. The molecule has 0 aliphatic heterocycles. The summed E-state index contributed by atoms with van der Waals surface area (Å²) in [5.74, 6) is 0. The highest BCUT2D eigenvalue weighted by Gasteiger charge is 2.16. The maximum atomic E-state index is 8.83. The van der Waals surface area contributed by atoms with Gasteiger partial charge in [0.1, 0.15) is 0 Å². The van der Waals surface area contributed by atoms with E-state index in [-0.39, 0.29) is 5.41 Å². The molecule has 0 saturated carbocycles. The van der Waals surface area contributed by atoms with Crippen LogP contribution in [0.4, 0.5) is 0 Å². The molecule has 0 aliphatic carbocycles. The van der Waals surface area contributed by atoms with Crippen molar-refractivity contribution in [1.82, 2.24) is 0 Å². The average molecular weight is 209 g/mol. The molecule has 0 saturated heterocycles. The highest BCUT2D eigenvalue weighted by Crippen LogP contribution is 2.18. The number of rotatable bonds is 2. The summed E-state index contributed by atoms with van der Waals surface area (Å²) in [5, 5.41) is 14.1. The number of hydrogen-bond donors (Lipinski definition) is 1. The van der Waals surface area contributed by atoms with Gasteiger partial charge in [0.15, 0.2) is 0 Å². The maximum absolute atomic E-state index is 8.83. The van der Waals surface area contributed by atoms with Crippen LogP contribution in [0.1, 0.15) is 25.6 Å². The van der Waals surface area contributed by atoms with Gasteiger partial charge in [0.2, 0.25) is 0 Å². The molecule has 0 radical (unpaired) electrons. The Labute approximate surface area is 88.6 Å². The Kier molecular flexibility index (Phi) is 3.47. The fourth-order valence-electron chi connectivity index (χ4n) is 0.980. The summed E-state index contributed by atoms with van der Waals surface area (Å²) in [6, 6.07) is 4.02. The van der Waals surface area contributed by atoms with Gasteiger partial charge < -0.3 is 5.21 Å². The fourth-order valence-corrected chi connectivity index (χ4v) is 1.60. The van der Waals surface area contributed by atoms with Crippen molar-refractivity contribution in [3.63, 3.8) is 0 Å². The first-order valence-electron chi connectivity index (χ1n) is 4.48. The molecule has 1 heterocycles. The molecular formula is C11H15NOS. The van der Waals surface area contributed by atoms with Gasteiger partial charge >= 0.3 is 0 Å². The Morgan fingerprint density at radius 1 is 1.50 bits per heavy atom. The first kappa shape index (κ1) is 11.0. The third kappa shape index (κ3) is 3.00. The SMILES string of the molecule is CC(C)(C)C(C=Cc1cccs1)=NO. The molecule has 0 aliphatic rings. The lowest BCUT2D eigenvalue weighted by atomic mass is 9.90. The van der Waals surface area contributed by atoms with Crippen molar-refractivity contribution in [3.8, 4) is 0 Å². The molecule has 3 heteroatoms. The fraction of sp³-hybridized carbons (Fsp3) is 0.364. The van der Waals surface area contributed by atoms with Crippen molar-refractivity contribution in [2.45, 2.75) is 20.8 Å². The van der Waals surface area contributed by atoms with E-state index >= 15 is 0 Å². The Morgan fingerprint density at radius 3 is 2.64 bits per heavy atom. The molecular weight excluding hydrogens is 194 g/mol. The van der Waals surface area contributed by atoms with Gasteiger partial charge in [-0.05, 0) is 23.6 Å². The second-order valence-electron chi connectivity index (χ2n) is 4.08. The minimum absolute atomic E-state index is 0.123. The van der Waals surface area contributed by atoms with E-state index in [0.717, 1.165) is 4.88 Å². The molecule has 14 heavy (non-hydrogen) atoms. The maximum Gasteiger partial charge on any atom is 0.0849 e. The summed E-state index contributed by atoms with van der Waals surface area (Å²) >= 11 is 1.66. The van der Waals surface area contributed by atoms with Crippen molar-refractivity contribution in [2.24, 2.45) is 10.6 Å². The number of allylic oxidation sites excluding steroid dienone is 1. The monoisotopic (exact) mass is 209 g/mol. The van der Waals surface area contributed by atoms with Crippen molar-refractivity contribution >= 4 is 23.1 Å². The highest BCUT2D eigenvalue weighted by molar-refractivity contribution is 7.10. The molecule has 0 atom stereocenters. The lowest BCUT2D eigenvalue weighted by Gasteiger charge is -2.16. The molecule has 0 fully saturated rings. The van der Waals surface area contributed by atoms with E-state index in [2.05, 4.69) is 5.16 Å². The van der Waals surface area contributed by atoms with E-state index in [1.807, 2.05) is 50.4 Å². The summed E-state index contributed by atoms with van der Waals surface area (Å²) in [5.41, 5.74) is 0.564. The Morgan fingerprint density at radius 2 is 2.21 bits per heavy atom. The Bertz CT molecular complexity index is 331. The molecule has 1 N–H and O–H groups in total. The van der Waals surface area contributed by atoms with Crippen LogP contribution >= 0.6 is 11.3 Å². The first-order valence-corrected chi connectivity index (χ1v) is 5.36. The van der Waals surface area contributed by atoms with E-state index < -0.39 is 0 Å². The zero-order chi connectivity index (χ0) is 10.6. The molecule has 0 unspecified atom stereocenters. The molecule has 1 aromatic heterocycles. The van der Waals surface area contributed by atoms with Crippen LogP contribution in [-0.2, 0) is 0 Å². The van der Waals surface area contributed by atoms with Crippen LogP contribution in [0.2, 0.25) is 0 Å². The van der Waals surface area contributed by atoms with E-state index in [1.165, 1.54) is 0 Å². The van der Waals surface area contributed by atoms with Crippen molar-refractivity contribution < 1.29 is 5.21 Å². The Balaban J connectivity index is 2.77. The van der Waals surface area contributed by atoms with Crippen LogP contribution < -0.4 is 0 Å². The number of hydrogen-bond acceptors (Lipinski definition) is 3. The van der Waals surface area contributed by atoms with Crippen LogP contribution in [0.15, 0.2) is 28.7 Å². The second kappa shape index (κ2) is 4.42. The number of nitrogens with zero attached hydrogens (tertiary/aromatic N) is 1. The van der Waals surface area contributed by atoms with E-state index in [0.29, 0.717) is 5.71 Å². The van der Waals surface area contributed by atoms with Crippen LogP contribution in [-0.4, -0.2) is 10.9 Å². The molecule has 0 aromatic carbocycles. The van der Waals surface area contributed by atoms with Crippen LogP contribution in [0, 0.1) is 5.41 Å². The van der Waals surface area contributed by atoms with Crippen molar-refractivity contribution in [3.05, 3.63) is 28.5 Å². The lowest BCUT2D eigenvalue weighted by molar-refractivity contribution is 0.312. The first-order chi connectivity index (χ1) is 6.54. The standard InChI is InChI=1S/C11H15NOS/c1-11(2,3)10(12-13)7-6-9-5-4-8-14-9/h4-8,13H,1-3H3. The van der Waals surface area contributed by atoms with Crippen LogP contribution in [0.3, 0.4) is 0 Å². The summed E-state index contributed by atoms with van der Waals surface area (Å²) in [6.45, 7) is 6.04. The average Bonchev–Trinajstić information content (AvgIpc) is 2.55. The zero-order valence-electron chi connectivity index (χ0n) is 8.69. The summed E-state index contributed by atoms with van der Waals surface area (Å²) < 4.78 is 0. The van der Waals surface area contributed by atoms with E-state index in [9.17, 15) is 0 Å². The van der Waals surface area contributed by atoms with Gasteiger partial charge in [0, 0.05) is 10.3 Å². The van der Waals surface area contributed by atoms with Gasteiger partial charge in [-0.3, -0.25) is 0 Å². The summed E-state index contributed by atoms with van der Waals surface area (Å²) in [7, 11) is 0. The molecule has 0 bridgehead atoms. The highest BCUT2D eigenvalue weighted by atomic mass is 32.1. The van der Waals surface area contributed by atoms with Crippen LogP contribution in [0.5, 0.6) is 0 Å². The predicted molar refractivity (Wildman–Crippen MR) is 62.0 cm³/mol. The molecule has 76 valence electrons. The van der Waals surface area contributed by atoms with Gasteiger partial charge in [-0.2, -0.15) is 0 Å². The molecule has 1 rings (SSSR count). The minimum Gasteiger partial charge on any atom is -0.411 e. The largest absolute Gasteiger partial charge is 0.411 e. The van der Waals surface area contributed by atoms with Gasteiger partial charge in [0.25, 0.3) is 0 Å². The van der Waals surface area contributed by atoms with Gasteiger partial charge in [-0.25, -0.2) is 0 Å². The molecule has 0 amide bonds. The number of oxime groups is 1. The summed E-state index contributed by atoms with van der Waals surface area (Å²) in [4.78, 5) is 1.16. The van der Waals surface area contributed by atoms with E-state index in [1.54, 1.807) is 11.3 Å². The van der Waals surface area contributed by atoms with Gasteiger partial charge in [-0.15, -0.1) is 11.3 Å². The second-order valence-corrected chi connectivity index (χ2v) is 5.06. The zero-order valence-corrected chi connectivity index (χ0v) is 9.51. The number of thiophene rings is 1. The third-order valence-corrected chi connectivity index (χ3v) is 2.66. The quantitative estimate of drug-likeness (QED) is 0.450. The summed E-state index contributed by atoms with van der Waals surface area (Å²) in [6.07, 6.45) is 3.82. The van der Waals surface area contributed by atoms with E-state index in [4.69, 9.17) is 5.21 Å². The molecule has 1 aromatic rings. The Hall–Kier alpha value is -1.09. The van der Waals surface area contributed by atoms with Gasteiger partial charge in [0.05, 0.1) is 5.71 Å². The van der Waals surface area contributed by atoms with Crippen LogP contribution in [0.25, 0.3) is 6.08 Å². The third-order valence-electron chi connectivity index (χ3n) is 1.82. The van der Waals surface area contributed by atoms with Gasteiger partial charge in [-0.1, -0.05) is 32.0 Å². The van der Waals surface area contributed by atoms with Crippen molar-refractivity contribution in [2.75, 3.05) is 0 Å². The topological polar surface area (TPSA) is 32.6 Å². The predicted octanol–water partition coefficient (Wildman–Crippen LogP) is 3.64. The normalized spacial score (nSPS) is 13.8. The molecule has 0 spiro atoms. The minimum atomic E-state index is -0.123.